The highest BCUT2D eigenvalue weighted by molar-refractivity contribution is 7.91. The predicted molar refractivity (Wildman–Crippen MR) is 74.8 cm³/mol. The molecule has 1 N–H and O–H groups in total. The van der Waals surface area contributed by atoms with Crippen LogP contribution in [0.3, 0.4) is 0 Å². The minimum absolute atomic E-state index is 0.00946. The molecule has 0 amide bonds. The summed E-state index contributed by atoms with van der Waals surface area (Å²) in [5, 5.41) is 9.68. The molecule has 0 heterocycles. The zero-order valence-corrected chi connectivity index (χ0v) is 12.2. The fraction of sp³-hybridized carbons (Fsp3) is 0.0769. The molecule has 2 aromatic carbocycles. The molecule has 0 saturated carbocycles. The first-order chi connectivity index (χ1) is 8.82. The van der Waals surface area contributed by atoms with E-state index in [1.54, 1.807) is 13.0 Å². The molecule has 0 aliphatic rings. The molecule has 0 aliphatic heterocycles. The maximum absolute atomic E-state index is 12.4. The second-order valence-electron chi connectivity index (χ2n) is 4.03. The van der Waals surface area contributed by atoms with Crippen molar-refractivity contribution in [3.05, 3.63) is 52.0 Å². The van der Waals surface area contributed by atoms with Crippen molar-refractivity contribution in [2.75, 3.05) is 0 Å². The zero-order valence-electron chi connectivity index (χ0n) is 9.89. The first kappa shape index (κ1) is 14.2. The summed E-state index contributed by atoms with van der Waals surface area (Å²) in [5.74, 6) is -0.164. The third-order valence-electron chi connectivity index (χ3n) is 2.68. The minimum Gasteiger partial charge on any atom is -0.506 e. The summed E-state index contributed by atoms with van der Waals surface area (Å²) in [4.78, 5) is 0.0973. The molecule has 0 spiro atoms. The molecule has 19 heavy (non-hydrogen) atoms. The Bertz CT molecular complexity index is 682. The van der Waals surface area contributed by atoms with Crippen LogP contribution in [0.25, 0.3) is 0 Å². The quantitative estimate of drug-likeness (QED) is 0.915. The van der Waals surface area contributed by atoms with Gasteiger partial charge in [0, 0.05) is 5.02 Å². The van der Waals surface area contributed by atoms with E-state index in [0.717, 1.165) is 5.56 Å². The van der Waals surface area contributed by atoms with E-state index >= 15 is 0 Å². The molecule has 0 radical (unpaired) electrons. The Morgan fingerprint density at radius 2 is 1.47 bits per heavy atom. The van der Waals surface area contributed by atoms with Crippen molar-refractivity contribution in [3.8, 4) is 5.75 Å². The van der Waals surface area contributed by atoms with E-state index in [9.17, 15) is 13.5 Å². The number of phenolic OH excluding ortho intramolecular Hbond substituents is 1. The van der Waals surface area contributed by atoms with Gasteiger partial charge in [0.1, 0.15) is 5.75 Å². The third-order valence-corrected chi connectivity index (χ3v) is 5.14. The maximum atomic E-state index is 12.4. The lowest BCUT2D eigenvalue weighted by molar-refractivity contribution is 0.475. The molecule has 0 saturated heterocycles. The van der Waals surface area contributed by atoms with E-state index in [0.29, 0.717) is 5.02 Å². The highest BCUT2D eigenvalue weighted by atomic mass is 35.5. The molecule has 0 atom stereocenters. The highest BCUT2D eigenvalue weighted by Crippen LogP contribution is 2.30. The lowest BCUT2D eigenvalue weighted by atomic mass is 10.2. The zero-order chi connectivity index (χ0) is 14.2. The maximum Gasteiger partial charge on any atom is 0.206 e. The van der Waals surface area contributed by atoms with E-state index in [4.69, 9.17) is 23.2 Å². The highest BCUT2D eigenvalue weighted by Gasteiger charge is 2.19. The average Bonchev–Trinajstić information content (AvgIpc) is 2.35. The van der Waals surface area contributed by atoms with Crippen LogP contribution >= 0.6 is 23.2 Å². The predicted octanol–water partition coefficient (Wildman–Crippen LogP) is 3.84. The van der Waals surface area contributed by atoms with Crippen molar-refractivity contribution in [2.45, 2.75) is 16.7 Å². The SMILES string of the molecule is Cc1ccc(S(=O)(=O)c2ccc(O)c(Cl)c2)cc1Cl. The Kier molecular flexibility index (Phi) is 3.76. The number of hydrogen-bond acceptors (Lipinski definition) is 3. The number of phenols is 1. The van der Waals surface area contributed by atoms with Crippen LogP contribution in [0.2, 0.25) is 10.0 Å². The second kappa shape index (κ2) is 5.04. The van der Waals surface area contributed by atoms with Gasteiger partial charge in [0.2, 0.25) is 9.84 Å². The van der Waals surface area contributed by atoms with Gasteiger partial charge in [-0.25, -0.2) is 8.42 Å². The molecular formula is C13H10Cl2O3S. The van der Waals surface area contributed by atoms with Crippen LogP contribution in [0.4, 0.5) is 0 Å². The summed E-state index contributed by atoms with van der Waals surface area (Å²) >= 11 is 11.7. The van der Waals surface area contributed by atoms with Crippen LogP contribution in [0.1, 0.15) is 5.56 Å². The summed E-state index contributed by atoms with van der Waals surface area (Å²) < 4.78 is 24.7. The fourth-order valence-corrected chi connectivity index (χ4v) is 3.33. The lowest BCUT2D eigenvalue weighted by Crippen LogP contribution is -2.02. The van der Waals surface area contributed by atoms with Gasteiger partial charge in [0.05, 0.1) is 14.8 Å². The summed E-state index contributed by atoms with van der Waals surface area (Å²) in [7, 11) is -3.70. The molecule has 100 valence electrons. The number of sulfone groups is 1. The van der Waals surface area contributed by atoms with Crippen LogP contribution in [-0.4, -0.2) is 13.5 Å². The van der Waals surface area contributed by atoms with Gasteiger partial charge in [0.15, 0.2) is 0 Å². The van der Waals surface area contributed by atoms with Gasteiger partial charge in [-0.1, -0.05) is 29.3 Å². The fourth-order valence-electron chi connectivity index (χ4n) is 1.53. The Labute approximate surface area is 121 Å². The van der Waals surface area contributed by atoms with Gasteiger partial charge >= 0.3 is 0 Å². The van der Waals surface area contributed by atoms with Crippen molar-refractivity contribution in [2.24, 2.45) is 0 Å². The number of benzene rings is 2. The Hall–Kier alpha value is -1.23. The number of hydrogen-bond donors (Lipinski definition) is 1. The van der Waals surface area contributed by atoms with Crippen molar-refractivity contribution >= 4 is 33.0 Å². The normalized spacial score (nSPS) is 11.5. The van der Waals surface area contributed by atoms with Gasteiger partial charge in [-0.15, -0.1) is 0 Å². The molecule has 0 unspecified atom stereocenters. The van der Waals surface area contributed by atoms with Crippen LogP contribution in [-0.2, 0) is 9.84 Å². The smallest absolute Gasteiger partial charge is 0.206 e. The average molecular weight is 317 g/mol. The minimum atomic E-state index is -3.70. The van der Waals surface area contributed by atoms with Crippen molar-refractivity contribution in [1.29, 1.82) is 0 Å². The number of aromatic hydroxyl groups is 1. The Morgan fingerprint density at radius 3 is 2.00 bits per heavy atom. The standard InChI is InChI=1S/C13H10Cl2O3S/c1-8-2-3-9(6-11(8)14)19(17,18)10-4-5-13(16)12(15)7-10/h2-7,16H,1H3. The van der Waals surface area contributed by atoms with E-state index in [2.05, 4.69) is 0 Å². The molecule has 0 aromatic heterocycles. The van der Waals surface area contributed by atoms with Crippen LogP contribution in [0.15, 0.2) is 46.2 Å². The van der Waals surface area contributed by atoms with Crippen LogP contribution in [0.5, 0.6) is 5.75 Å². The molecule has 2 aromatic rings. The number of rotatable bonds is 2. The van der Waals surface area contributed by atoms with Crippen LogP contribution in [0, 0.1) is 6.92 Å². The molecular weight excluding hydrogens is 307 g/mol. The van der Waals surface area contributed by atoms with E-state index in [1.165, 1.54) is 30.3 Å². The monoisotopic (exact) mass is 316 g/mol. The molecule has 0 aliphatic carbocycles. The number of halogens is 2. The van der Waals surface area contributed by atoms with Crippen LogP contribution < -0.4 is 0 Å². The van der Waals surface area contributed by atoms with Crippen molar-refractivity contribution in [3.63, 3.8) is 0 Å². The van der Waals surface area contributed by atoms with Gasteiger partial charge in [-0.3, -0.25) is 0 Å². The van der Waals surface area contributed by atoms with E-state index < -0.39 is 9.84 Å². The lowest BCUT2D eigenvalue weighted by Gasteiger charge is -2.07. The van der Waals surface area contributed by atoms with E-state index in [1.807, 2.05) is 0 Å². The molecule has 3 nitrogen and oxygen atoms in total. The summed E-state index contributed by atoms with van der Waals surface area (Å²) in [6, 6.07) is 8.26. The summed E-state index contributed by atoms with van der Waals surface area (Å²) in [5.41, 5.74) is 0.796. The first-order valence-corrected chi connectivity index (χ1v) is 7.56. The first-order valence-electron chi connectivity index (χ1n) is 5.32. The van der Waals surface area contributed by atoms with Gasteiger partial charge in [-0.2, -0.15) is 0 Å². The second-order valence-corrected chi connectivity index (χ2v) is 6.79. The van der Waals surface area contributed by atoms with Gasteiger partial charge in [-0.05, 0) is 42.8 Å². The third kappa shape index (κ3) is 2.71. The Morgan fingerprint density at radius 1 is 0.947 bits per heavy atom. The summed E-state index contributed by atoms with van der Waals surface area (Å²) in [6.45, 7) is 1.79. The number of aryl methyl sites for hydroxylation is 1. The van der Waals surface area contributed by atoms with E-state index in [-0.39, 0.29) is 20.6 Å². The summed E-state index contributed by atoms with van der Waals surface area (Å²) in [6.07, 6.45) is 0. The van der Waals surface area contributed by atoms with Crippen molar-refractivity contribution < 1.29 is 13.5 Å². The van der Waals surface area contributed by atoms with Gasteiger partial charge in [0.25, 0.3) is 0 Å². The van der Waals surface area contributed by atoms with Crippen molar-refractivity contribution in [1.82, 2.24) is 0 Å². The largest absolute Gasteiger partial charge is 0.506 e. The molecule has 0 fully saturated rings. The molecule has 2 rings (SSSR count). The topological polar surface area (TPSA) is 54.4 Å². The van der Waals surface area contributed by atoms with Gasteiger partial charge < -0.3 is 5.11 Å². The Balaban J connectivity index is 2.58. The molecule has 0 bridgehead atoms. The molecule has 6 heteroatoms.